The van der Waals surface area contributed by atoms with Gasteiger partial charge in [-0.1, -0.05) is 36.5 Å². The SMILES string of the molecule is C=C(/C=C(/C)C=CC)/C(C)=C/C(C=N)C(=O)O. The predicted molar refractivity (Wildman–Crippen MR) is 71.4 cm³/mol. The second kappa shape index (κ2) is 7.39. The van der Waals surface area contributed by atoms with Crippen molar-refractivity contribution in [3.05, 3.63) is 47.6 Å². The van der Waals surface area contributed by atoms with Gasteiger partial charge in [0.25, 0.3) is 0 Å². The maximum Gasteiger partial charge on any atom is 0.315 e. The molecule has 0 aromatic heterocycles. The molecular formula is C14H19NO2. The van der Waals surface area contributed by atoms with Crippen LogP contribution in [0.3, 0.4) is 0 Å². The van der Waals surface area contributed by atoms with Gasteiger partial charge in [-0.15, -0.1) is 0 Å². The maximum atomic E-state index is 10.8. The van der Waals surface area contributed by atoms with Crippen LogP contribution in [0.2, 0.25) is 0 Å². The number of carboxylic acids is 1. The highest BCUT2D eigenvalue weighted by molar-refractivity contribution is 5.89. The molecule has 0 saturated carbocycles. The van der Waals surface area contributed by atoms with E-state index >= 15 is 0 Å². The van der Waals surface area contributed by atoms with Crippen molar-refractivity contribution in [1.82, 2.24) is 0 Å². The highest BCUT2D eigenvalue weighted by Crippen LogP contribution is 2.14. The minimum absolute atomic E-state index is 0.758. The quantitative estimate of drug-likeness (QED) is 0.546. The first-order valence-corrected chi connectivity index (χ1v) is 5.34. The lowest BCUT2D eigenvalue weighted by Gasteiger charge is -2.05. The molecule has 0 aromatic rings. The summed E-state index contributed by atoms with van der Waals surface area (Å²) in [5, 5.41) is 15.8. The third-order valence-corrected chi connectivity index (χ3v) is 2.23. The molecule has 0 bridgehead atoms. The van der Waals surface area contributed by atoms with Gasteiger partial charge in [0.1, 0.15) is 5.92 Å². The van der Waals surface area contributed by atoms with Gasteiger partial charge in [0.05, 0.1) is 0 Å². The van der Waals surface area contributed by atoms with Gasteiger partial charge < -0.3 is 10.5 Å². The van der Waals surface area contributed by atoms with E-state index in [9.17, 15) is 4.79 Å². The van der Waals surface area contributed by atoms with E-state index in [0.717, 1.165) is 22.9 Å². The maximum absolute atomic E-state index is 10.8. The number of rotatable bonds is 6. The summed E-state index contributed by atoms with van der Waals surface area (Å²) in [6.45, 7) is 9.55. The molecule has 0 spiro atoms. The van der Waals surface area contributed by atoms with Crippen LogP contribution in [0, 0.1) is 11.3 Å². The lowest BCUT2D eigenvalue weighted by Crippen LogP contribution is -2.12. The first kappa shape index (κ1) is 15.1. The summed E-state index contributed by atoms with van der Waals surface area (Å²) in [6, 6.07) is 0. The number of hydrogen-bond acceptors (Lipinski definition) is 2. The lowest BCUT2D eigenvalue weighted by molar-refractivity contribution is -0.137. The molecule has 2 N–H and O–H groups in total. The van der Waals surface area contributed by atoms with Crippen molar-refractivity contribution < 1.29 is 9.90 Å². The van der Waals surface area contributed by atoms with E-state index in [-0.39, 0.29) is 0 Å². The van der Waals surface area contributed by atoms with Crippen LogP contribution in [0.5, 0.6) is 0 Å². The predicted octanol–water partition coefficient (Wildman–Crippen LogP) is 3.36. The minimum Gasteiger partial charge on any atom is -0.481 e. The Morgan fingerprint density at radius 1 is 1.41 bits per heavy atom. The zero-order valence-electron chi connectivity index (χ0n) is 10.5. The Kier molecular flexibility index (Phi) is 6.56. The minimum atomic E-state index is -1.03. The van der Waals surface area contributed by atoms with Crippen LogP contribution in [-0.4, -0.2) is 17.3 Å². The zero-order chi connectivity index (χ0) is 13.4. The second-order valence-corrected chi connectivity index (χ2v) is 3.79. The van der Waals surface area contributed by atoms with Crippen molar-refractivity contribution in [2.24, 2.45) is 5.92 Å². The Hall–Kier alpha value is -1.90. The van der Waals surface area contributed by atoms with Gasteiger partial charge in [-0.05, 0) is 31.9 Å². The second-order valence-electron chi connectivity index (χ2n) is 3.79. The third kappa shape index (κ3) is 5.66. The smallest absolute Gasteiger partial charge is 0.315 e. The van der Waals surface area contributed by atoms with E-state index in [1.54, 1.807) is 6.92 Å². The lowest BCUT2D eigenvalue weighted by atomic mass is 10.0. The van der Waals surface area contributed by atoms with Gasteiger partial charge in [-0.3, -0.25) is 4.79 Å². The number of nitrogens with one attached hydrogen (secondary N) is 1. The molecule has 0 aliphatic carbocycles. The number of carboxylic acid groups (broad SMARTS) is 1. The van der Waals surface area contributed by atoms with E-state index in [2.05, 4.69) is 6.58 Å². The highest BCUT2D eigenvalue weighted by Gasteiger charge is 2.11. The fraction of sp³-hybridized carbons (Fsp3) is 0.286. The van der Waals surface area contributed by atoms with Crippen LogP contribution in [0.25, 0.3) is 0 Å². The van der Waals surface area contributed by atoms with Crippen molar-refractivity contribution >= 4 is 12.2 Å². The van der Waals surface area contributed by atoms with Crippen LogP contribution in [0.15, 0.2) is 47.6 Å². The molecule has 92 valence electrons. The molecule has 0 saturated heterocycles. The summed E-state index contributed by atoms with van der Waals surface area (Å²) in [6.07, 6.45) is 8.19. The highest BCUT2D eigenvalue weighted by atomic mass is 16.4. The molecule has 0 aromatic carbocycles. The number of hydrogen-bond donors (Lipinski definition) is 2. The van der Waals surface area contributed by atoms with Crippen molar-refractivity contribution in [2.75, 3.05) is 0 Å². The molecule has 17 heavy (non-hydrogen) atoms. The average molecular weight is 233 g/mol. The van der Waals surface area contributed by atoms with Crippen LogP contribution in [0.4, 0.5) is 0 Å². The van der Waals surface area contributed by atoms with E-state index in [4.69, 9.17) is 10.5 Å². The van der Waals surface area contributed by atoms with Gasteiger partial charge >= 0.3 is 5.97 Å². The van der Waals surface area contributed by atoms with Gasteiger partial charge in [0.15, 0.2) is 0 Å². The average Bonchev–Trinajstić information content (AvgIpc) is 2.25. The normalized spacial score (nSPS) is 14.8. The molecule has 0 heterocycles. The van der Waals surface area contributed by atoms with Crippen molar-refractivity contribution in [3.8, 4) is 0 Å². The number of carbonyl (C=O) groups is 1. The molecule has 0 aliphatic rings. The van der Waals surface area contributed by atoms with Gasteiger partial charge in [0.2, 0.25) is 0 Å². The molecule has 0 amide bonds. The third-order valence-electron chi connectivity index (χ3n) is 2.23. The monoisotopic (exact) mass is 233 g/mol. The standard InChI is InChI=1S/C14H19NO2/c1-5-6-10(2)7-11(3)12(4)8-13(9-15)14(16)17/h5-9,13,15H,3H2,1-2,4H3,(H,16,17)/b6-5?,10-7-,12-8+,15-9?. The summed E-state index contributed by atoms with van der Waals surface area (Å²) in [5.74, 6) is -1.91. The first-order valence-electron chi connectivity index (χ1n) is 5.34. The van der Waals surface area contributed by atoms with E-state index in [1.807, 2.05) is 32.1 Å². The fourth-order valence-corrected chi connectivity index (χ4v) is 1.27. The first-order chi connectivity index (χ1) is 7.92. The summed E-state index contributed by atoms with van der Waals surface area (Å²) in [4.78, 5) is 10.8. The summed E-state index contributed by atoms with van der Waals surface area (Å²) in [5.41, 5.74) is 2.57. The van der Waals surface area contributed by atoms with Crippen LogP contribution in [0.1, 0.15) is 20.8 Å². The largest absolute Gasteiger partial charge is 0.481 e. The van der Waals surface area contributed by atoms with E-state index in [1.165, 1.54) is 6.08 Å². The molecule has 3 heteroatoms. The van der Waals surface area contributed by atoms with Gasteiger partial charge in [-0.2, -0.15) is 0 Å². The Bertz CT molecular complexity index is 400. The van der Waals surface area contributed by atoms with Gasteiger partial charge in [0, 0.05) is 6.21 Å². The topological polar surface area (TPSA) is 61.2 Å². The van der Waals surface area contributed by atoms with Crippen molar-refractivity contribution in [3.63, 3.8) is 0 Å². The fourth-order valence-electron chi connectivity index (χ4n) is 1.27. The molecule has 0 radical (unpaired) electrons. The Morgan fingerprint density at radius 3 is 2.41 bits per heavy atom. The number of aliphatic carboxylic acids is 1. The summed E-state index contributed by atoms with van der Waals surface area (Å²) < 4.78 is 0. The zero-order valence-corrected chi connectivity index (χ0v) is 10.5. The van der Waals surface area contributed by atoms with Crippen LogP contribution in [-0.2, 0) is 4.79 Å². The molecule has 0 rings (SSSR count). The van der Waals surface area contributed by atoms with E-state index < -0.39 is 11.9 Å². The Morgan fingerprint density at radius 2 is 2.00 bits per heavy atom. The Balaban J connectivity index is 4.93. The number of allylic oxidation sites excluding steroid dienone is 6. The van der Waals surface area contributed by atoms with Crippen LogP contribution < -0.4 is 0 Å². The van der Waals surface area contributed by atoms with Crippen molar-refractivity contribution in [1.29, 1.82) is 5.41 Å². The van der Waals surface area contributed by atoms with Crippen LogP contribution >= 0.6 is 0 Å². The Labute approximate surface area is 102 Å². The molecule has 0 fully saturated rings. The summed E-state index contributed by atoms with van der Waals surface area (Å²) in [7, 11) is 0. The summed E-state index contributed by atoms with van der Waals surface area (Å²) >= 11 is 0. The molecule has 3 nitrogen and oxygen atoms in total. The molecule has 1 unspecified atom stereocenters. The molecule has 1 atom stereocenters. The molecular weight excluding hydrogens is 214 g/mol. The molecule has 0 aliphatic heterocycles. The van der Waals surface area contributed by atoms with Crippen molar-refractivity contribution in [2.45, 2.75) is 20.8 Å². The van der Waals surface area contributed by atoms with Gasteiger partial charge in [-0.25, -0.2) is 0 Å². The van der Waals surface area contributed by atoms with E-state index in [0.29, 0.717) is 0 Å².